The van der Waals surface area contributed by atoms with Crippen LogP contribution in [0.25, 0.3) is 0 Å². The van der Waals surface area contributed by atoms with Gasteiger partial charge in [-0.05, 0) is 12.8 Å². The molecule has 0 fully saturated rings. The standard InChI is InChI=1S/C10H19ClO3/c1-2-4-9(11)10(14)7-8(13)5-3-6-12/h9-10,12,14H,2-7H2,1H3/t9-,10+/m1/s1. The number of rotatable bonds is 8. The first-order chi connectivity index (χ1) is 6.61. The number of aliphatic hydroxyl groups is 2. The molecule has 2 atom stereocenters. The third kappa shape index (κ3) is 6.35. The van der Waals surface area contributed by atoms with Crippen molar-refractivity contribution in [2.75, 3.05) is 6.61 Å². The van der Waals surface area contributed by atoms with Gasteiger partial charge in [0.2, 0.25) is 0 Å². The van der Waals surface area contributed by atoms with E-state index in [0.29, 0.717) is 12.8 Å². The van der Waals surface area contributed by atoms with Gasteiger partial charge < -0.3 is 10.2 Å². The molecule has 0 aliphatic carbocycles. The van der Waals surface area contributed by atoms with Crippen molar-refractivity contribution in [3.63, 3.8) is 0 Å². The van der Waals surface area contributed by atoms with Crippen LogP contribution in [-0.2, 0) is 4.79 Å². The molecule has 0 amide bonds. The first kappa shape index (κ1) is 13.9. The summed E-state index contributed by atoms with van der Waals surface area (Å²) >= 11 is 5.86. The van der Waals surface area contributed by atoms with Crippen LogP contribution in [0.2, 0.25) is 0 Å². The fourth-order valence-corrected chi connectivity index (χ4v) is 1.51. The molecule has 0 radical (unpaired) electrons. The van der Waals surface area contributed by atoms with Gasteiger partial charge in [-0.25, -0.2) is 0 Å². The third-order valence-electron chi connectivity index (χ3n) is 2.03. The Morgan fingerprint density at radius 1 is 1.50 bits per heavy atom. The summed E-state index contributed by atoms with van der Waals surface area (Å²) in [5.41, 5.74) is 0. The molecule has 2 N–H and O–H groups in total. The number of halogens is 1. The van der Waals surface area contributed by atoms with Crippen LogP contribution in [-0.4, -0.2) is 34.1 Å². The minimum Gasteiger partial charge on any atom is -0.396 e. The summed E-state index contributed by atoms with van der Waals surface area (Å²) in [4.78, 5) is 11.2. The Bertz CT molecular complexity index is 161. The van der Waals surface area contributed by atoms with E-state index < -0.39 is 6.10 Å². The van der Waals surface area contributed by atoms with Crippen LogP contribution in [0, 0.1) is 0 Å². The van der Waals surface area contributed by atoms with Gasteiger partial charge in [0.15, 0.2) is 0 Å². The Morgan fingerprint density at radius 2 is 2.14 bits per heavy atom. The van der Waals surface area contributed by atoms with Crippen LogP contribution >= 0.6 is 11.6 Å². The Hall–Kier alpha value is -0.120. The van der Waals surface area contributed by atoms with Crippen LogP contribution in [0.15, 0.2) is 0 Å². The summed E-state index contributed by atoms with van der Waals surface area (Å²) in [5.74, 6) is -0.0340. The molecular weight excluding hydrogens is 204 g/mol. The molecule has 4 heteroatoms. The molecule has 0 saturated carbocycles. The topological polar surface area (TPSA) is 57.5 Å². The van der Waals surface area contributed by atoms with Gasteiger partial charge in [-0.15, -0.1) is 11.6 Å². The highest BCUT2D eigenvalue weighted by Crippen LogP contribution is 2.14. The molecule has 0 aliphatic heterocycles. The van der Waals surface area contributed by atoms with Gasteiger partial charge in [0.05, 0.1) is 11.5 Å². The maximum absolute atomic E-state index is 11.2. The molecule has 0 saturated heterocycles. The monoisotopic (exact) mass is 222 g/mol. The highest BCUT2D eigenvalue weighted by atomic mass is 35.5. The van der Waals surface area contributed by atoms with Crippen LogP contribution in [0.5, 0.6) is 0 Å². The number of carbonyl (C=O) groups is 1. The van der Waals surface area contributed by atoms with Crippen molar-refractivity contribution < 1.29 is 15.0 Å². The number of carbonyl (C=O) groups excluding carboxylic acids is 1. The molecule has 0 aromatic rings. The second-order valence-electron chi connectivity index (χ2n) is 3.44. The normalized spacial score (nSPS) is 15.1. The number of ketones is 1. The summed E-state index contributed by atoms with van der Waals surface area (Å²) in [5, 5.41) is 17.7. The molecule has 0 spiro atoms. The average molecular weight is 223 g/mol. The van der Waals surface area contributed by atoms with E-state index in [-0.39, 0.29) is 24.2 Å². The Labute approximate surface area is 90.1 Å². The van der Waals surface area contributed by atoms with Gasteiger partial charge in [0.25, 0.3) is 0 Å². The molecule has 0 aromatic heterocycles. The Kier molecular flexibility index (Phi) is 8.14. The van der Waals surface area contributed by atoms with Crippen molar-refractivity contribution in [2.45, 2.75) is 50.5 Å². The lowest BCUT2D eigenvalue weighted by atomic mass is 10.0. The summed E-state index contributed by atoms with van der Waals surface area (Å²) in [6, 6.07) is 0. The van der Waals surface area contributed by atoms with Crippen LogP contribution in [0.4, 0.5) is 0 Å². The van der Waals surface area contributed by atoms with Crippen molar-refractivity contribution in [3.8, 4) is 0 Å². The maximum Gasteiger partial charge on any atom is 0.135 e. The first-order valence-electron chi connectivity index (χ1n) is 5.06. The average Bonchev–Trinajstić information content (AvgIpc) is 2.15. The smallest absolute Gasteiger partial charge is 0.135 e. The van der Waals surface area contributed by atoms with E-state index in [4.69, 9.17) is 16.7 Å². The molecule has 14 heavy (non-hydrogen) atoms. The van der Waals surface area contributed by atoms with Gasteiger partial charge in [0.1, 0.15) is 5.78 Å². The van der Waals surface area contributed by atoms with E-state index in [1.807, 2.05) is 6.92 Å². The van der Waals surface area contributed by atoms with Gasteiger partial charge in [-0.1, -0.05) is 13.3 Å². The Balaban J connectivity index is 3.69. The van der Waals surface area contributed by atoms with Gasteiger partial charge in [0, 0.05) is 19.4 Å². The number of aliphatic hydroxyl groups excluding tert-OH is 2. The molecular formula is C10H19ClO3. The predicted octanol–water partition coefficient (Wildman–Crippen LogP) is 1.49. The van der Waals surface area contributed by atoms with E-state index in [2.05, 4.69) is 0 Å². The zero-order valence-corrected chi connectivity index (χ0v) is 9.33. The third-order valence-corrected chi connectivity index (χ3v) is 2.54. The largest absolute Gasteiger partial charge is 0.396 e. The van der Waals surface area contributed by atoms with Crippen molar-refractivity contribution in [1.82, 2.24) is 0 Å². The lowest BCUT2D eigenvalue weighted by Gasteiger charge is -2.15. The second-order valence-corrected chi connectivity index (χ2v) is 4.00. The van der Waals surface area contributed by atoms with Crippen LogP contribution < -0.4 is 0 Å². The van der Waals surface area contributed by atoms with E-state index in [1.165, 1.54) is 0 Å². The maximum atomic E-state index is 11.2. The zero-order valence-electron chi connectivity index (χ0n) is 8.58. The minimum absolute atomic E-state index is 0.0150. The minimum atomic E-state index is -0.747. The van der Waals surface area contributed by atoms with Crippen molar-refractivity contribution in [3.05, 3.63) is 0 Å². The SMILES string of the molecule is CCC[C@@H](Cl)[C@@H](O)CC(=O)CCCO. The number of hydrogen-bond acceptors (Lipinski definition) is 3. The fraction of sp³-hybridized carbons (Fsp3) is 0.900. The highest BCUT2D eigenvalue weighted by Gasteiger charge is 2.18. The molecule has 0 aromatic carbocycles. The van der Waals surface area contributed by atoms with Crippen LogP contribution in [0.3, 0.4) is 0 Å². The molecule has 3 nitrogen and oxygen atoms in total. The molecule has 84 valence electrons. The van der Waals surface area contributed by atoms with Gasteiger partial charge in [-0.2, -0.15) is 0 Å². The predicted molar refractivity (Wildman–Crippen MR) is 56.5 cm³/mol. The zero-order chi connectivity index (χ0) is 11.0. The summed E-state index contributed by atoms with van der Waals surface area (Å²) in [7, 11) is 0. The van der Waals surface area contributed by atoms with E-state index in [9.17, 15) is 9.90 Å². The van der Waals surface area contributed by atoms with E-state index in [1.54, 1.807) is 0 Å². The van der Waals surface area contributed by atoms with E-state index in [0.717, 1.165) is 12.8 Å². The first-order valence-corrected chi connectivity index (χ1v) is 5.50. The van der Waals surface area contributed by atoms with E-state index >= 15 is 0 Å². The van der Waals surface area contributed by atoms with Gasteiger partial charge in [-0.3, -0.25) is 4.79 Å². The van der Waals surface area contributed by atoms with Crippen molar-refractivity contribution >= 4 is 17.4 Å². The van der Waals surface area contributed by atoms with Gasteiger partial charge >= 0.3 is 0 Å². The summed E-state index contributed by atoms with van der Waals surface area (Å²) < 4.78 is 0. The molecule has 0 unspecified atom stereocenters. The lowest BCUT2D eigenvalue weighted by molar-refractivity contribution is -0.121. The molecule has 0 heterocycles. The quantitative estimate of drug-likeness (QED) is 0.612. The molecule has 0 bridgehead atoms. The number of alkyl halides is 1. The summed E-state index contributed by atoms with van der Waals surface area (Å²) in [6.45, 7) is 2.00. The lowest BCUT2D eigenvalue weighted by Crippen LogP contribution is -2.24. The van der Waals surface area contributed by atoms with Crippen molar-refractivity contribution in [1.29, 1.82) is 0 Å². The Morgan fingerprint density at radius 3 is 2.64 bits per heavy atom. The second kappa shape index (κ2) is 8.21. The molecule has 0 aliphatic rings. The van der Waals surface area contributed by atoms with Crippen LogP contribution in [0.1, 0.15) is 39.0 Å². The molecule has 0 rings (SSSR count). The fourth-order valence-electron chi connectivity index (χ4n) is 1.21. The number of hydrogen-bond donors (Lipinski definition) is 2. The highest BCUT2D eigenvalue weighted by molar-refractivity contribution is 6.21. The number of Topliss-reactive ketones (excluding diaryl/α,β-unsaturated/α-hetero) is 1. The van der Waals surface area contributed by atoms with Crippen molar-refractivity contribution in [2.24, 2.45) is 0 Å². The summed E-state index contributed by atoms with van der Waals surface area (Å²) in [6.07, 6.45) is 1.76.